The van der Waals surface area contributed by atoms with Gasteiger partial charge >= 0.3 is 18.0 Å². The van der Waals surface area contributed by atoms with Crippen LogP contribution in [-0.2, 0) is 25.6 Å². The van der Waals surface area contributed by atoms with Crippen LogP contribution in [0.15, 0.2) is 103 Å². The first-order valence-electron chi connectivity index (χ1n) is 14.9. The summed E-state index contributed by atoms with van der Waals surface area (Å²) in [5.41, 5.74) is 5.84. The zero-order valence-electron chi connectivity index (χ0n) is 25.2. The minimum atomic E-state index is -0.892. The Morgan fingerprint density at radius 2 is 1.29 bits per heavy atom. The molecule has 0 aromatic heterocycles. The summed E-state index contributed by atoms with van der Waals surface area (Å²) in [6.07, 6.45) is -0.316. The van der Waals surface area contributed by atoms with Gasteiger partial charge in [-0.05, 0) is 52.3 Å². The molecule has 8 nitrogen and oxygen atoms in total. The van der Waals surface area contributed by atoms with Gasteiger partial charge in [0.05, 0.1) is 5.56 Å². The highest BCUT2D eigenvalue weighted by Crippen LogP contribution is 2.44. The summed E-state index contributed by atoms with van der Waals surface area (Å²) in [5.74, 6) is -1.50. The quantitative estimate of drug-likeness (QED) is 0.108. The molecule has 0 saturated carbocycles. The molecule has 1 atom stereocenters. The second-order valence-electron chi connectivity index (χ2n) is 11.3. The normalized spacial score (nSPS) is 12.5. The first kappa shape index (κ1) is 31.2. The number of ether oxygens (including phenoxy) is 3. The standard InChI is InChI=1S/C37H35NO7/c1-24(2)20-33(38-37(42)45-22-32-30-14-8-6-12-28(30)29-13-7-9-15-31(29)32)36(41)43-21-25-16-18-27(19-17-25)35(40)44-23-34(39)26-10-4-3-5-11-26/h3-19,24,32-33H,20-23H2,1-2H3,(H,38,42)/t33-/m0/s1. The maximum atomic E-state index is 13.0. The Labute approximate surface area is 262 Å². The Hall–Kier alpha value is -5.24. The van der Waals surface area contributed by atoms with Gasteiger partial charge in [-0.3, -0.25) is 4.79 Å². The van der Waals surface area contributed by atoms with E-state index in [9.17, 15) is 19.2 Å². The summed E-state index contributed by atoms with van der Waals surface area (Å²) < 4.78 is 16.3. The zero-order chi connectivity index (χ0) is 31.8. The monoisotopic (exact) mass is 605 g/mol. The Balaban J connectivity index is 1.12. The predicted octanol–water partition coefficient (Wildman–Crippen LogP) is 6.72. The van der Waals surface area contributed by atoms with E-state index >= 15 is 0 Å². The molecule has 1 aliphatic carbocycles. The van der Waals surface area contributed by atoms with E-state index in [1.165, 1.54) is 0 Å². The van der Waals surface area contributed by atoms with Gasteiger partial charge in [-0.1, -0.05) is 105 Å². The molecule has 4 aromatic rings. The Bertz CT molecular complexity index is 1620. The van der Waals surface area contributed by atoms with Crippen LogP contribution < -0.4 is 5.32 Å². The molecule has 0 aliphatic heterocycles. The van der Waals surface area contributed by atoms with Crippen LogP contribution in [0.3, 0.4) is 0 Å². The van der Waals surface area contributed by atoms with Crippen molar-refractivity contribution in [1.82, 2.24) is 5.32 Å². The lowest BCUT2D eigenvalue weighted by Gasteiger charge is -2.20. The van der Waals surface area contributed by atoms with Crippen LogP contribution in [0.5, 0.6) is 0 Å². The van der Waals surface area contributed by atoms with Gasteiger partial charge in [-0.25, -0.2) is 14.4 Å². The fraction of sp³-hybridized carbons (Fsp3) is 0.243. The number of hydrogen-bond donors (Lipinski definition) is 1. The van der Waals surface area contributed by atoms with Crippen LogP contribution in [0.25, 0.3) is 11.1 Å². The van der Waals surface area contributed by atoms with E-state index < -0.39 is 24.1 Å². The molecular formula is C37H35NO7. The number of esters is 2. The first-order chi connectivity index (χ1) is 21.8. The number of carbonyl (C=O) groups excluding carboxylic acids is 4. The fourth-order valence-electron chi connectivity index (χ4n) is 5.38. The van der Waals surface area contributed by atoms with Gasteiger partial charge in [-0.15, -0.1) is 0 Å². The van der Waals surface area contributed by atoms with Gasteiger partial charge in [0.2, 0.25) is 0 Å². The third-order valence-electron chi connectivity index (χ3n) is 7.63. The maximum absolute atomic E-state index is 13.0. The van der Waals surface area contributed by atoms with Crippen molar-refractivity contribution in [2.45, 2.75) is 38.8 Å². The molecule has 0 saturated heterocycles. The average molecular weight is 606 g/mol. The summed E-state index contributed by atoms with van der Waals surface area (Å²) in [4.78, 5) is 50.5. The number of nitrogens with one attached hydrogen (secondary N) is 1. The average Bonchev–Trinajstić information content (AvgIpc) is 3.38. The lowest BCUT2D eigenvalue weighted by molar-refractivity contribution is -0.147. The lowest BCUT2D eigenvalue weighted by Crippen LogP contribution is -2.43. The number of hydrogen-bond acceptors (Lipinski definition) is 7. The predicted molar refractivity (Wildman–Crippen MR) is 169 cm³/mol. The van der Waals surface area contributed by atoms with Crippen molar-refractivity contribution in [2.75, 3.05) is 13.2 Å². The largest absolute Gasteiger partial charge is 0.459 e. The molecule has 8 heteroatoms. The molecule has 1 amide bonds. The van der Waals surface area contributed by atoms with Gasteiger partial charge in [-0.2, -0.15) is 0 Å². The molecule has 0 bridgehead atoms. The fourth-order valence-corrected chi connectivity index (χ4v) is 5.38. The minimum Gasteiger partial charge on any atom is -0.459 e. The molecule has 0 unspecified atom stereocenters. The van der Waals surface area contributed by atoms with Crippen LogP contribution in [0, 0.1) is 5.92 Å². The van der Waals surface area contributed by atoms with E-state index in [1.54, 1.807) is 54.6 Å². The van der Waals surface area contributed by atoms with Crippen LogP contribution in [-0.4, -0.2) is 43.1 Å². The molecule has 0 radical (unpaired) electrons. The van der Waals surface area contributed by atoms with Crippen molar-refractivity contribution in [3.63, 3.8) is 0 Å². The van der Waals surface area contributed by atoms with Crippen molar-refractivity contribution >= 4 is 23.8 Å². The summed E-state index contributed by atoms with van der Waals surface area (Å²) in [6, 6.07) is 30.2. The van der Waals surface area contributed by atoms with E-state index in [1.807, 2.05) is 50.2 Å². The number of amides is 1. The number of alkyl carbamates (subject to hydrolysis) is 1. The highest BCUT2D eigenvalue weighted by atomic mass is 16.6. The van der Waals surface area contributed by atoms with Crippen LogP contribution in [0.4, 0.5) is 4.79 Å². The molecular weight excluding hydrogens is 570 g/mol. The Morgan fingerprint density at radius 1 is 0.689 bits per heavy atom. The number of ketones is 1. The molecule has 45 heavy (non-hydrogen) atoms. The second kappa shape index (κ2) is 14.5. The molecule has 4 aromatic carbocycles. The van der Waals surface area contributed by atoms with Crippen molar-refractivity contribution in [1.29, 1.82) is 0 Å². The number of benzene rings is 4. The van der Waals surface area contributed by atoms with Crippen molar-refractivity contribution < 1.29 is 33.4 Å². The van der Waals surface area contributed by atoms with Gasteiger partial charge in [0.15, 0.2) is 12.4 Å². The molecule has 1 N–H and O–H groups in total. The molecule has 0 heterocycles. The van der Waals surface area contributed by atoms with Crippen LogP contribution in [0.2, 0.25) is 0 Å². The highest BCUT2D eigenvalue weighted by molar-refractivity contribution is 5.99. The van der Waals surface area contributed by atoms with Gasteiger partial charge in [0.1, 0.15) is 19.3 Å². The topological polar surface area (TPSA) is 108 Å². The van der Waals surface area contributed by atoms with E-state index in [0.717, 1.165) is 22.3 Å². The third kappa shape index (κ3) is 7.84. The first-order valence-corrected chi connectivity index (χ1v) is 14.9. The highest BCUT2D eigenvalue weighted by Gasteiger charge is 2.30. The molecule has 230 valence electrons. The van der Waals surface area contributed by atoms with Crippen LogP contribution >= 0.6 is 0 Å². The van der Waals surface area contributed by atoms with Crippen molar-refractivity contribution in [3.8, 4) is 11.1 Å². The molecule has 1 aliphatic rings. The van der Waals surface area contributed by atoms with Crippen molar-refractivity contribution in [3.05, 3.63) is 131 Å². The van der Waals surface area contributed by atoms with E-state index in [-0.39, 0.29) is 43.0 Å². The summed E-state index contributed by atoms with van der Waals surface area (Å²) >= 11 is 0. The van der Waals surface area contributed by atoms with Gasteiger partial charge < -0.3 is 19.5 Å². The number of carbonyl (C=O) groups is 4. The summed E-state index contributed by atoms with van der Waals surface area (Å²) in [5, 5.41) is 2.69. The van der Waals surface area contributed by atoms with E-state index in [0.29, 0.717) is 17.5 Å². The van der Waals surface area contributed by atoms with Gasteiger partial charge in [0.25, 0.3) is 0 Å². The summed E-state index contributed by atoms with van der Waals surface area (Å²) in [7, 11) is 0. The minimum absolute atomic E-state index is 0.0539. The SMILES string of the molecule is CC(C)C[C@H](NC(=O)OCC1c2ccccc2-c2ccccc21)C(=O)OCc1ccc(C(=O)OCC(=O)c2ccccc2)cc1. The number of rotatable bonds is 12. The number of fused-ring (bicyclic) bond motifs is 3. The van der Waals surface area contributed by atoms with E-state index in [4.69, 9.17) is 14.2 Å². The Morgan fingerprint density at radius 3 is 1.91 bits per heavy atom. The van der Waals surface area contributed by atoms with E-state index in [2.05, 4.69) is 17.4 Å². The summed E-state index contributed by atoms with van der Waals surface area (Å²) in [6.45, 7) is 3.62. The molecule has 5 rings (SSSR count). The third-order valence-corrected chi connectivity index (χ3v) is 7.63. The van der Waals surface area contributed by atoms with Crippen LogP contribution in [0.1, 0.15) is 63.6 Å². The van der Waals surface area contributed by atoms with Crippen molar-refractivity contribution in [2.24, 2.45) is 5.92 Å². The second-order valence-corrected chi connectivity index (χ2v) is 11.3. The smallest absolute Gasteiger partial charge is 0.407 e. The number of Topliss-reactive ketones (excluding diaryl/α,β-unsaturated/α-hetero) is 1. The molecule has 0 fully saturated rings. The molecule has 0 spiro atoms. The maximum Gasteiger partial charge on any atom is 0.407 e. The lowest BCUT2D eigenvalue weighted by atomic mass is 9.98. The zero-order valence-corrected chi connectivity index (χ0v) is 25.2. The van der Waals surface area contributed by atoms with Gasteiger partial charge in [0, 0.05) is 11.5 Å². The Kier molecular flexibility index (Phi) is 10.0.